The molecule has 19 heavy (non-hydrogen) atoms. The quantitative estimate of drug-likeness (QED) is 0.804. The molecular weight excluding hydrogens is 274 g/mol. The van der Waals surface area contributed by atoms with Crippen molar-refractivity contribution < 1.29 is 21.4 Å². The zero-order chi connectivity index (χ0) is 14.5. The molecule has 1 aromatic rings. The summed E-state index contributed by atoms with van der Waals surface area (Å²) in [5.74, 6) is -2.72. The van der Waals surface area contributed by atoms with Crippen molar-refractivity contribution in [2.45, 2.75) is 42.9 Å². The van der Waals surface area contributed by atoms with E-state index in [1.807, 2.05) is 0 Å². The second-order valence-corrected chi connectivity index (χ2v) is 7.07. The van der Waals surface area contributed by atoms with Gasteiger partial charge in [0.15, 0.2) is 0 Å². The molecule has 106 valence electrons. The third-order valence-electron chi connectivity index (χ3n) is 3.57. The maximum absolute atomic E-state index is 13.1. The molecule has 0 heterocycles. The molecule has 2 rings (SSSR count). The van der Waals surface area contributed by atoms with Crippen molar-refractivity contribution in [2.75, 3.05) is 7.11 Å². The van der Waals surface area contributed by atoms with Gasteiger partial charge in [0.05, 0.1) is 12.0 Å². The van der Waals surface area contributed by atoms with Crippen LogP contribution in [0.4, 0.5) is 8.78 Å². The number of rotatable bonds is 3. The number of benzene rings is 1. The van der Waals surface area contributed by atoms with Crippen molar-refractivity contribution in [1.82, 2.24) is 0 Å². The van der Waals surface area contributed by atoms with Gasteiger partial charge in [0.25, 0.3) is 10.1 Å². The van der Waals surface area contributed by atoms with Gasteiger partial charge in [-0.3, -0.25) is 4.18 Å². The second kappa shape index (κ2) is 4.24. The molecule has 0 N–H and O–H groups in total. The van der Waals surface area contributed by atoms with Crippen molar-refractivity contribution >= 4 is 10.1 Å². The summed E-state index contributed by atoms with van der Waals surface area (Å²) in [4.78, 5) is -0.0152. The molecule has 1 saturated carbocycles. The van der Waals surface area contributed by atoms with Gasteiger partial charge >= 0.3 is 0 Å². The molecule has 1 aliphatic carbocycles. The van der Waals surface area contributed by atoms with Gasteiger partial charge in [-0.25, -0.2) is 8.78 Å². The van der Waals surface area contributed by atoms with Gasteiger partial charge in [-0.05, 0) is 18.6 Å². The summed E-state index contributed by atoms with van der Waals surface area (Å²) in [6.45, 7) is 3.46. The van der Waals surface area contributed by atoms with E-state index in [-0.39, 0.29) is 17.7 Å². The Morgan fingerprint density at radius 3 is 2.32 bits per heavy atom. The molecule has 1 aliphatic rings. The number of halogens is 2. The average Bonchev–Trinajstić information content (AvgIpc) is 2.25. The Kier molecular flexibility index (Phi) is 3.22. The van der Waals surface area contributed by atoms with E-state index in [2.05, 4.69) is 4.18 Å². The van der Waals surface area contributed by atoms with Gasteiger partial charge in [-0.2, -0.15) is 8.42 Å². The van der Waals surface area contributed by atoms with E-state index in [4.69, 9.17) is 0 Å². The van der Waals surface area contributed by atoms with Gasteiger partial charge in [0.2, 0.25) is 5.92 Å². The summed E-state index contributed by atoms with van der Waals surface area (Å²) in [5, 5.41) is 0. The Bertz CT molecular complexity index is 600. The van der Waals surface area contributed by atoms with E-state index in [1.165, 1.54) is 6.07 Å². The molecule has 1 aromatic carbocycles. The van der Waals surface area contributed by atoms with Crippen LogP contribution in [-0.4, -0.2) is 21.5 Å². The molecule has 1 fully saturated rings. The molecule has 6 heteroatoms. The standard InChI is InChI=1S/C13H16F2O3S/c1-9-4-5-11(19(16,17)18-3)10(6-9)12(2)7-13(14,15)8-12/h4-6H,7-8H2,1-3H3. The Morgan fingerprint density at radius 1 is 1.26 bits per heavy atom. The Hall–Kier alpha value is -1.01. The van der Waals surface area contributed by atoms with Crippen molar-refractivity contribution in [3.8, 4) is 0 Å². The lowest BCUT2D eigenvalue weighted by Crippen LogP contribution is -2.47. The summed E-state index contributed by atoms with van der Waals surface area (Å²) in [6, 6.07) is 4.71. The molecule has 0 atom stereocenters. The van der Waals surface area contributed by atoms with E-state index in [0.717, 1.165) is 12.7 Å². The molecule has 0 bridgehead atoms. The van der Waals surface area contributed by atoms with Crippen LogP contribution >= 0.6 is 0 Å². The maximum atomic E-state index is 13.1. The SMILES string of the molecule is COS(=O)(=O)c1ccc(C)cc1C1(C)CC(F)(F)C1. The lowest BCUT2D eigenvalue weighted by atomic mass is 9.63. The molecule has 0 radical (unpaired) electrons. The normalized spacial score (nSPS) is 20.9. The van der Waals surface area contributed by atoms with Crippen molar-refractivity contribution in [2.24, 2.45) is 0 Å². The summed E-state index contributed by atoms with van der Waals surface area (Å²) in [7, 11) is -2.82. The summed E-state index contributed by atoms with van der Waals surface area (Å²) < 4.78 is 54.5. The molecule has 0 aliphatic heterocycles. The Morgan fingerprint density at radius 2 is 1.84 bits per heavy atom. The van der Waals surface area contributed by atoms with Gasteiger partial charge in [0, 0.05) is 18.3 Å². The molecular formula is C13H16F2O3S. The minimum atomic E-state index is -3.89. The number of aryl methyl sites for hydroxylation is 1. The van der Waals surface area contributed by atoms with Crippen LogP contribution < -0.4 is 0 Å². The predicted octanol–water partition coefficient (Wildman–Crippen LogP) is 3.02. The topological polar surface area (TPSA) is 43.4 Å². The fourth-order valence-electron chi connectivity index (χ4n) is 2.70. The highest BCUT2D eigenvalue weighted by molar-refractivity contribution is 7.86. The van der Waals surface area contributed by atoms with Crippen LogP contribution in [0.3, 0.4) is 0 Å². The van der Waals surface area contributed by atoms with E-state index in [9.17, 15) is 17.2 Å². The smallest absolute Gasteiger partial charge is 0.270 e. The van der Waals surface area contributed by atoms with Gasteiger partial charge in [-0.15, -0.1) is 0 Å². The minimum Gasteiger partial charge on any atom is -0.270 e. The van der Waals surface area contributed by atoms with E-state index >= 15 is 0 Å². The van der Waals surface area contributed by atoms with Crippen LogP contribution in [0.2, 0.25) is 0 Å². The van der Waals surface area contributed by atoms with Crippen LogP contribution in [0, 0.1) is 6.92 Å². The minimum absolute atomic E-state index is 0.0152. The fraction of sp³-hybridized carbons (Fsp3) is 0.538. The first kappa shape index (κ1) is 14.4. The van der Waals surface area contributed by atoms with Crippen molar-refractivity contribution in [3.05, 3.63) is 29.3 Å². The van der Waals surface area contributed by atoms with E-state index in [0.29, 0.717) is 5.56 Å². The summed E-state index contributed by atoms with van der Waals surface area (Å²) in [6.07, 6.45) is -0.675. The number of hydrogen-bond acceptors (Lipinski definition) is 3. The zero-order valence-corrected chi connectivity index (χ0v) is 11.9. The number of hydrogen-bond donors (Lipinski definition) is 0. The van der Waals surface area contributed by atoms with Crippen LogP contribution in [0.1, 0.15) is 30.9 Å². The van der Waals surface area contributed by atoms with Gasteiger partial charge < -0.3 is 0 Å². The molecule has 0 spiro atoms. The van der Waals surface area contributed by atoms with Crippen LogP contribution in [-0.2, 0) is 19.7 Å². The Labute approximate surface area is 111 Å². The first-order valence-corrected chi connectivity index (χ1v) is 7.30. The van der Waals surface area contributed by atoms with Crippen LogP contribution in [0.15, 0.2) is 23.1 Å². The monoisotopic (exact) mass is 290 g/mol. The van der Waals surface area contributed by atoms with Crippen molar-refractivity contribution in [3.63, 3.8) is 0 Å². The fourth-order valence-corrected chi connectivity index (χ4v) is 3.69. The average molecular weight is 290 g/mol. The third-order valence-corrected chi connectivity index (χ3v) is 4.91. The molecule has 0 amide bonds. The highest BCUT2D eigenvalue weighted by Gasteiger charge is 2.55. The molecule has 0 saturated heterocycles. The van der Waals surface area contributed by atoms with Crippen LogP contribution in [0.5, 0.6) is 0 Å². The highest BCUT2D eigenvalue weighted by atomic mass is 32.2. The summed E-state index contributed by atoms with van der Waals surface area (Å²) >= 11 is 0. The van der Waals surface area contributed by atoms with Gasteiger partial charge in [-0.1, -0.05) is 24.6 Å². The molecule has 3 nitrogen and oxygen atoms in total. The Balaban J connectivity index is 2.55. The van der Waals surface area contributed by atoms with Gasteiger partial charge in [0.1, 0.15) is 0 Å². The lowest BCUT2D eigenvalue weighted by Gasteiger charge is -2.46. The maximum Gasteiger partial charge on any atom is 0.297 e. The highest BCUT2D eigenvalue weighted by Crippen LogP contribution is 2.54. The van der Waals surface area contributed by atoms with E-state index < -0.39 is 21.5 Å². The predicted molar refractivity (Wildman–Crippen MR) is 66.9 cm³/mol. The lowest BCUT2D eigenvalue weighted by molar-refractivity contribution is -0.121. The number of alkyl halides is 2. The van der Waals surface area contributed by atoms with Crippen LogP contribution in [0.25, 0.3) is 0 Å². The largest absolute Gasteiger partial charge is 0.297 e. The first-order chi connectivity index (χ1) is 8.60. The van der Waals surface area contributed by atoms with Crippen molar-refractivity contribution in [1.29, 1.82) is 0 Å². The molecule has 0 aromatic heterocycles. The molecule has 0 unspecified atom stereocenters. The summed E-state index contributed by atoms with van der Waals surface area (Å²) in [5.41, 5.74) is 0.429. The van der Waals surface area contributed by atoms with E-state index in [1.54, 1.807) is 26.0 Å². The second-order valence-electron chi connectivity index (χ2n) is 5.39. The first-order valence-electron chi connectivity index (χ1n) is 5.89. The third kappa shape index (κ3) is 2.51. The zero-order valence-electron chi connectivity index (χ0n) is 11.0.